The minimum atomic E-state index is -0.467. The Kier molecular flexibility index (Phi) is 8.34. The summed E-state index contributed by atoms with van der Waals surface area (Å²) in [5, 5.41) is 6.61. The van der Waals surface area contributed by atoms with Crippen LogP contribution in [-0.2, 0) is 9.53 Å². The molecule has 0 saturated carbocycles. The Morgan fingerprint density at radius 1 is 1.09 bits per heavy atom. The SMILES string of the molecule is COc1cc(OC)cc(C(=O)Nc2ccc([C@@H]3NC(=S)N(C)C(C)=C3C(=O)OCC(C)C)cc2)c1. The molecule has 0 bridgehead atoms. The number of ether oxygens (including phenoxy) is 3. The van der Waals surface area contributed by atoms with E-state index in [0.717, 1.165) is 11.3 Å². The summed E-state index contributed by atoms with van der Waals surface area (Å²) in [6.45, 7) is 6.15. The van der Waals surface area contributed by atoms with Crippen LogP contribution >= 0.6 is 12.2 Å². The van der Waals surface area contributed by atoms with Gasteiger partial charge in [0.15, 0.2) is 5.11 Å². The molecule has 8 nitrogen and oxygen atoms in total. The topological polar surface area (TPSA) is 89.1 Å². The molecule has 3 rings (SSSR count). The zero-order valence-corrected chi connectivity index (χ0v) is 21.6. The van der Waals surface area contributed by atoms with E-state index in [1.54, 1.807) is 35.2 Å². The normalized spacial score (nSPS) is 15.6. The molecule has 9 heteroatoms. The Morgan fingerprint density at radius 3 is 2.23 bits per heavy atom. The van der Waals surface area contributed by atoms with Crippen LogP contribution in [0, 0.1) is 5.92 Å². The number of anilines is 1. The van der Waals surface area contributed by atoms with Gasteiger partial charge in [0.25, 0.3) is 5.91 Å². The number of hydrogen-bond donors (Lipinski definition) is 2. The summed E-state index contributed by atoms with van der Waals surface area (Å²) in [5.74, 6) is 0.581. The van der Waals surface area contributed by atoms with Crippen LogP contribution in [0.4, 0.5) is 5.69 Å². The van der Waals surface area contributed by atoms with Gasteiger partial charge in [-0.05, 0) is 54.9 Å². The van der Waals surface area contributed by atoms with Crippen LogP contribution in [0.1, 0.15) is 42.7 Å². The highest BCUT2D eigenvalue weighted by atomic mass is 32.1. The second-order valence-corrected chi connectivity index (χ2v) is 9.00. The smallest absolute Gasteiger partial charge is 0.338 e. The van der Waals surface area contributed by atoms with Gasteiger partial charge in [-0.25, -0.2) is 4.79 Å². The summed E-state index contributed by atoms with van der Waals surface area (Å²) >= 11 is 5.46. The standard InChI is InChI=1S/C26H31N3O5S/c1-15(2)14-34-25(31)22-16(3)29(4)26(35)28-23(22)17-7-9-19(10-8-17)27-24(30)18-11-20(32-5)13-21(12-18)33-6/h7-13,15,23H,14H2,1-6H3,(H,27,30)(H,28,35)/t23-/m0/s1. The fourth-order valence-electron chi connectivity index (χ4n) is 3.57. The third-order valence-corrected chi connectivity index (χ3v) is 6.03. The number of hydrogen-bond acceptors (Lipinski definition) is 6. The number of thiocarbonyl (C=S) groups is 1. The highest BCUT2D eigenvalue weighted by molar-refractivity contribution is 7.80. The molecule has 0 spiro atoms. The third kappa shape index (κ3) is 6.10. The molecule has 2 aromatic rings. The van der Waals surface area contributed by atoms with Gasteiger partial charge in [0.2, 0.25) is 0 Å². The zero-order chi connectivity index (χ0) is 25.7. The van der Waals surface area contributed by atoms with Crippen molar-refractivity contribution in [3.8, 4) is 11.5 Å². The highest BCUT2D eigenvalue weighted by Crippen LogP contribution is 2.31. The van der Waals surface area contributed by atoms with Crippen molar-refractivity contribution in [1.29, 1.82) is 0 Å². The van der Waals surface area contributed by atoms with Crippen molar-refractivity contribution in [3.05, 3.63) is 64.9 Å². The van der Waals surface area contributed by atoms with E-state index in [1.807, 2.05) is 40.0 Å². The number of nitrogens with zero attached hydrogens (tertiary/aromatic N) is 1. The van der Waals surface area contributed by atoms with Gasteiger partial charge < -0.3 is 29.7 Å². The van der Waals surface area contributed by atoms with Crippen LogP contribution in [0.15, 0.2) is 53.7 Å². The molecule has 0 saturated heterocycles. The quantitative estimate of drug-likeness (QED) is 0.413. The molecule has 0 aliphatic carbocycles. The number of carbonyl (C=O) groups is 2. The van der Waals surface area contributed by atoms with Gasteiger partial charge in [-0.3, -0.25) is 4.79 Å². The molecule has 35 heavy (non-hydrogen) atoms. The Morgan fingerprint density at radius 2 is 1.69 bits per heavy atom. The van der Waals surface area contributed by atoms with E-state index in [0.29, 0.717) is 40.0 Å². The lowest BCUT2D eigenvalue weighted by atomic mass is 9.95. The second kappa shape index (κ2) is 11.2. The number of nitrogens with one attached hydrogen (secondary N) is 2. The Labute approximate surface area is 211 Å². The first-order chi connectivity index (χ1) is 16.6. The molecule has 1 aliphatic rings. The minimum Gasteiger partial charge on any atom is -0.497 e. The van der Waals surface area contributed by atoms with E-state index < -0.39 is 6.04 Å². The van der Waals surface area contributed by atoms with Crippen LogP contribution < -0.4 is 20.1 Å². The molecular formula is C26H31N3O5S. The first kappa shape index (κ1) is 26.0. The van der Waals surface area contributed by atoms with E-state index in [9.17, 15) is 9.59 Å². The first-order valence-electron chi connectivity index (χ1n) is 11.2. The highest BCUT2D eigenvalue weighted by Gasteiger charge is 2.33. The lowest BCUT2D eigenvalue weighted by molar-refractivity contribution is -0.140. The number of benzene rings is 2. The molecule has 0 fully saturated rings. The molecule has 0 aromatic heterocycles. The van der Waals surface area contributed by atoms with Gasteiger partial charge in [-0.2, -0.15) is 0 Å². The van der Waals surface area contributed by atoms with Gasteiger partial charge in [0.05, 0.1) is 32.4 Å². The van der Waals surface area contributed by atoms with Gasteiger partial charge in [0, 0.05) is 30.1 Å². The molecule has 0 radical (unpaired) electrons. The summed E-state index contributed by atoms with van der Waals surface area (Å²) in [4.78, 5) is 27.5. The molecule has 2 aromatic carbocycles. The molecule has 186 valence electrons. The second-order valence-electron chi connectivity index (χ2n) is 8.61. The Hall–Kier alpha value is -3.59. The van der Waals surface area contributed by atoms with Crippen LogP contribution in [-0.4, -0.2) is 49.8 Å². The Balaban J connectivity index is 1.83. The lowest BCUT2D eigenvalue weighted by Gasteiger charge is -2.35. The number of methoxy groups -OCH3 is 2. The van der Waals surface area contributed by atoms with Gasteiger partial charge in [-0.15, -0.1) is 0 Å². The third-order valence-electron chi connectivity index (χ3n) is 5.64. The number of amides is 1. The van der Waals surface area contributed by atoms with E-state index >= 15 is 0 Å². The number of carbonyl (C=O) groups excluding carboxylic acids is 2. The van der Waals surface area contributed by atoms with E-state index in [1.165, 1.54) is 14.2 Å². The van der Waals surface area contributed by atoms with E-state index in [-0.39, 0.29) is 17.8 Å². The molecule has 1 amide bonds. The molecule has 1 atom stereocenters. The van der Waals surface area contributed by atoms with Crippen LogP contribution in [0.3, 0.4) is 0 Å². The zero-order valence-electron chi connectivity index (χ0n) is 20.8. The summed E-state index contributed by atoms with van der Waals surface area (Å²) in [6.07, 6.45) is 0. The lowest BCUT2D eigenvalue weighted by Crippen LogP contribution is -2.46. The molecule has 1 aliphatic heterocycles. The van der Waals surface area contributed by atoms with Crippen molar-refractivity contribution in [2.45, 2.75) is 26.8 Å². The first-order valence-corrected chi connectivity index (χ1v) is 11.6. The van der Waals surface area contributed by atoms with Crippen molar-refractivity contribution in [2.75, 3.05) is 33.2 Å². The monoisotopic (exact) mass is 497 g/mol. The van der Waals surface area contributed by atoms with Crippen molar-refractivity contribution < 1.29 is 23.8 Å². The van der Waals surface area contributed by atoms with Crippen LogP contribution in [0.25, 0.3) is 0 Å². The van der Waals surface area contributed by atoms with Crippen LogP contribution in [0.5, 0.6) is 11.5 Å². The number of rotatable bonds is 8. The van der Waals surface area contributed by atoms with E-state index in [2.05, 4.69) is 10.6 Å². The summed E-state index contributed by atoms with van der Waals surface area (Å²) in [6, 6.07) is 11.7. The summed E-state index contributed by atoms with van der Waals surface area (Å²) in [7, 11) is 4.87. The predicted octanol–water partition coefficient (Wildman–Crippen LogP) is 4.29. The van der Waals surface area contributed by atoms with Crippen molar-refractivity contribution >= 4 is 34.9 Å². The fourth-order valence-corrected chi connectivity index (χ4v) is 3.83. The maximum atomic E-state index is 13.0. The van der Waals surface area contributed by atoms with Crippen molar-refractivity contribution in [1.82, 2.24) is 10.2 Å². The van der Waals surface area contributed by atoms with Crippen molar-refractivity contribution in [2.24, 2.45) is 5.92 Å². The maximum Gasteiger partial charge on any atom is 0.338 e. The van der Waals surface area contributed by atoms with E-state index in [4.69, 9.17) is 26.4 Å². The number of allylic oxidation sites excluding steroid dienone is 1. The maximum absolute atomic E-state index is 13.0. The van der Waals surface area contributed by atoms with Gasteiger partial charge >= 0.3 is 5.97 Å². The minimum absolute atomic E-state index is 0.223. The predicted molar refractivity (Wildman–Crippen MR) is 139 cm³/mol. The average Bonchev–Trinajstić information content (AvgIpc) is 2.85. The fraction of sp³-hybridized carbons (Fsp3) is 0.346. The van der Waals surface area contributed by atoms with Gasteiger partial charge in [0.1, 0.15) is 11.5 Å². The number of esters is 1. The average molecular weight is 498 g/mol. The molecule has 2 N–H and O–H groups in total. The molecule has 1 heterocycles. The Bertz CT molecular complexity index is 1120. The summed E-state index contributed by atoms with van der Waals surface area (Å²) in [5.41, 5.74) is 3.05. The van der Waals surface area contributed by atoms with Crippen LogP contribution in [0.2, 0.25) is 0 Å². The molecule has 0 unspecified atom stereocenters. The molecular weight excluding hydrogens is 466 g/mol. The largest absolute Gasteiger partial charge is 0.497 e. The summed E-state index contributed by atoms with van der Waals surface area (Å²) < 4.78 is 16.0. The van der Waals surface area contributed by atoms with Crippen molar-refractivity contribution in [3.63, 3.8) is 0 Å². The van der Waals surface area contributed by atoms with Gasteiger partial charge in [-0.1, -0.05) is 26.0 Å².